The van der Waals surface area contributed by atoms with E-state index in [1.54, 1.807) is 16.8 Å². The predicted molar refractivity (Wildman–Crippen MR) is 109 cm³/mol. The van der Waals surface area contributed by atoms with Crippen LogP contribution in [0.4, 0.5) is 0 Å². The Labute approximate surface area is 155 Å². The summed E-state index contributed by atoms with van der Waals surface area (Å²) in [6.45, 7) is 0. The summed E-state index contributed by atoms with van der Waals surface area (Å²) in [5.41, 5.74) is 11.6. The molecule has 2 aliphatic carbocycles. The van der Waals surface area contributed by atoms with Gasteiger partial charge in [0.2, 0.25) is 0 Å². The fraction of sp³-hybridized carbons (Fsp3) is 0.250. The van der Waals surface area contributed by atoms with Gasteiger partial charge in [-0.05, 0) is 73.4 Å². The van der Waals surface area contributed by atoms with Crippen molar-refractivity contribution in [3.05, 3.63) is 77.0 Å². The number of H-pyrrole nitrogens is 1. The van der Waals surface area contributed by atoms with E-state index in [9.17, 15) is 0 Å². The number of aryl methyl sites for hydroxylation is 1. The minimum absolute atomic E-state index is 0. The van der Waals surface area contributed by atoms with Crippen molar-refractivity contribution in [1.82, 2.24) is 9.55 Å². The molecule has 2 aromatic carbocycles. The second kappa shape index (κ2) is 5.38. The molecular formula is C24H24N2. The van der Waals surface area contributed by atoms with Crippen molar-refractivity contribution >= 4 is 10.9 Å². The fourth-order valence-electron chi connectivity index (χ4n) is 5.18. The highest BCUT2D eigenvalue weighted by Crippen LogP contribution is 2.44. The van der Waals surface area contributed by atoms with Crippen molar-refractivity contribution < 1.29 is 1.43 Å². The van der Waals surface area contributed by atoms with Crippen LogP contribution >= 0.6 is 0 Å². The first kappa shape index (κ1) is 14.4. The number of para-hydroxylation sites is 2. The Kier molecular flexibility index (Phi) is 2.98. The molecule has 0 bridgehead atoms. The summed E-state index contributed by atoms with van der Waals surface area (Å²) < 4.78 is 2.57. The van der Waals surface area contributed by atoms with E-state index in [1.165, 1.54) is 65.6 Å². The molecule has 0 aliphatic heterocycles. The molecule has 0 atom stereocenters. The van der Waals surface area contributed by atoms with Gasteiger partial charge in [-0.25, -0.2) is 0 Å². The summed E-state index contributed by atoms with van der Waals surface area (Å²) in [5.74, 6) is 0. The van der Waals surface area contributed by atoms with Gasteiger partial charge in [-0.2, -0.15) is 0 Å². The molecule has 4 aromatic rings. The van der Waals surface area contributed by atoms with Crippen LogP contribution in [0.2, 0.25) is 0 Å². The van der Waals surface area contributed by atoms with Crippen LogP contribution in [0.5, 0.6) is 0 Å². The molecule has 0 fully saturated rings. The Bertz CT molecular complexity index is 1130. The number of aromatic amines is 1. The summed E-state index contributed by atoms with van der Waals surface area (Å²) in [7, 11) is 0. The zero-order valence-corrected chi connectivity index (χ0v) is 14.9. The number of hydrogen-bond acceptors (Lipinski definition) is 0. The van der Waals surface area contributed by atoms with Gasteiger partial charge in [-0.1, -0.05) is 36.4 Å². The van der Waals surface area contributed by atoms with Crippen molar-refractivity contribution in [3.63, 3.8) is 0 Å². The molecule has 2 aromatic heterocycles. The number of nitrogens with one attached hydrogen (secondary N) is 1. The zero-order valence-electron chi connectivity index (χ0n) is 14.9. The smallest absolute Gasteiger partial charge is 0.0732 e. The number of aromatic nitrogens is 2. The third-order valence-electron chi connectivity index (χ3n) is 6.27. The predicted octanol–water partition coefficient (Wildman–Crippen LogP) is 5.85. The number of hydrogen-bond donors (Lipinski definition) is 1. The maximum Gasteiger partial charge on any atom is 0.0732 e. The first-order valence-corrected chi connectivity index (χ1v) is 9.82. The molecule has 0 unspecified atom stereocenters. The normalized spacial score (nSPS) is 15.5. The largest absolute Gasteiger partial charge is 0.353 e. The maximum absolute atomic E-state index is 3.77. The van der Waals surface area contributed by atoms with E-state index in [2.05, 4.69) is 64.1 Å². The third-order valence-corrected chi connectivity index (χ3v) is 6.27. The number of rotatable bonds is 1. The molecule has 0 spiro atoms. The van der Waals surface area contributed by atoms with Crippen molar-refractivity contribution in [3.8, 4) is 17.1 Å². The molecule has 1 N–H and O–H groups in total. The average Bonchev–Trinajstić information content (AvgIpc) is 3.24. The van der Waals surface area contributed by atoms with Crippen molar-refractivity contribution in [2.75, 3.05) is 0 Å². The highest BCUT2D eigenvalue weighted by molar-refractivity contribution is 5.92. The fourth-order valence-corrected chi connectivity index (χ4v) is 5.18. The Hall–Kier alpha value is -2.74. The molecule has 0 saturated carbocycles. The number of fused-ring (bicyclic) bond motifs is 7. The lowest BCUT2D eigenvalue weighted by Crippen LogP contribution is -2.08. The Morgan fingerprint density at radius 2 is 1.50 bits per heavy atom. The summed E-state index contributed by atoms with van der Waals surface area (Å²) in [6.07, 6.45) is 7.41. The monoisotopic (exact) mass is 340 g/mol. The molecule has 2 nitrogen and oxygen atoms in total. The second-order valence-electron chi connectivity index (χ2n) is 7.65. The van der Waals surface area contributed by atoms with Gasteiger partial charge >= 0.3 is 0 Å². The first-order valence-electron chi connectivity index (χ1n) is 9.82. The van der Waals surface area contributed by atoms with E-state index in [0.29, 0.717) is 0 Å². The maximum atomic E-state index is 3.77. The zero-order chi connectivity index (χ0) is 17.1. The molecule has 130 valence electrons. The van der Waals surface area contributed by atoms with Gasteiger partial charge in [0.25, 0.3) is 0 Å². The van der Waals surface area contributed by atoms with Gasteiger partial charge in [0.05, 0.1) is 11.4 Å². The number of nitrogens with zero attached hydrogens (tertiary/aromatic N) is 1. The summed E-state index contributed by atoms with van der Waals surface area (Å²) in [5, 5.41) is 1.40. The Morgan fingerprint density at radius 1 is 0.731 bits per heavy atom. The van der Waals surface area contributed by atoms with Crippen molar-refractivity contribution in [2.45, 2.75) is 38.5 Å². The number of benzene rings is 2. The van der Waals surface area contributed by atoms with Crippen molar-refractivity contribution in [2.24, 2.45) is 0 Å². The van der Waals surface area contributed by atoms with Crippen LogP contribution < -0.4 is 0 Å². The van der Waals surface area contributed by atoms with Crippen LogP contribution in [-0.4, -0.2) is 9.55 Å². The van der Waals surface area contributed by atoms with Gasteiger partial charge in [0.1, 0.15) is 0 Å². The highest BCUT2D eigenvalue weighted by Gasteiger charge is 2.31. The van der Waals surface area contributed by atoms with E-state index in [0.717, 1.165) is 6.42 Å². The topological polar surface area (TPSA) is 20.7 Å². The summed E-state index contributed by atoms with van der Waals surface area (Å²) in [6, 6.07) is 19.7. The SMILES string of the molecule is [HH].c1ccc(-n2c3c(c4c2-c2[nH]c5ccccc5c2CC4)CCCC3)cc1. The van der Waals surface area contributed by atoms with Gasteiger partial charge in [0.15, 0.2) is 0 Å². The van der Waals surface area contributed by atoms with Crippen molar-refractivity contribution in [1.29, 1.82) is 0 Å². The van der Waals surface area contributed by atoms with Crippen LogP contribution in [0, 0.1) is 0 Å². The molecule has 6 rings (SSSR count). The molecule has 0 saturated heterocycles. The second-order valence-corrected chi connectivity index (χ2v) is 7.65. The third kappa shape index (κ3) is 1.87. The molecule has 0 radical (unpaired) electrons. The van der Waals surface area contributed by atoms with Gasteiger partial charge in [0, 0.05) is 23.7 Å². The Balaban J connectivity index is 0.00000160. The van der Waals surface area contributed by atoms with Crippen LogP contribution in [0.1, 0.15) is 36.7 Å². The highest BCUT2D eigenvalue weighted by atomic mass is 15.0. The van der Waals surface area contributed by atoms with E-state index < -0.39 is 0 Å². The van der Waals surface area contributed by atoms with Gasteiger partial charge < -0.3 is 9.55 Å². The first-order chi connectivity index (χ1) is 12.9. The molecular weight excluding hydrogens is 316 g/mol. The van der Waals surface area contributed by atoms with E-state index in [4.69, 9.17) is 0 Å². The Morgan fingerprint density at radius 3 is 2.42 bits per heavy atom. The van der Waals surface area contributed by atoms with Crippen LogP contribution in [0.25, 0.3) is 28.0 Å². The molecule has 26 heavy (non-hydrogen) atoms. The van der Waals surface area contributed by atoms with E-state index in [1.807, 2.05) is 0 Å². The summed E-state index contributed by atoms with van der Waals surface area (Å²) in [4.78, 5) is 3.77. The van der Waals surface area contributed by atoms with Crippen LogP contribution in [-0.2, 0) is 25.7 Å². The van der Waals surface area contributed by atoms with Gasteiger partial charge in [-0.3, -0.25) is 0 Å². The molecule has 2 heterocycles. The minimum Gasteiger partial charge on any atom is -0.353 e. The van der Waals surface area contributed by atoms with E-state index >= 15 is 0 Å². The van der Waals surface area contributed by atoms with Gasteiger partial charge in [-0.15, -0.1) is 0 Å². The quantitative estimate of drug-likeness (QED) is 0.449. The molecule has 0 amide bonds. The lowest BCUT2D eigenvalue weighted by Gasteiger charge is -2.18. The lowest BCUT2D eigenvalue weighted by atomic mass is 9.87. The lowest BCUT2D eigenvalue weighted by molar-refractivity contribution is 0.661. The standard InChI is InChI=1S/C24H22N2.H2/c1-2-8-16(9-3-1)26-22-13-7-5-11-18(22)20-15-14-19-17-10-4-6-12-21(17)25-23(19)24(20)26;/h1-4,6,8-10,12,25H,5,7,11,13-15H2;1H. The molecule has 2 aliphatic rings. The van der Waals surface area contributed by atoms with Crippen LogP contribution in [0.15, 0.2) is 54.6 Å². The summed E-state index contributed by atoms with van der Waals surface area (Å²) >= 11 is 0. The van der Waals surface area contributed by atoms with E-state index in [-0.39, 0.29) is 1.43 Å². The molecule has 2 heteroatoms. The average molecular weight is 340 g/mol. The van der Waals surface area contributed by atoms with Crippen LogP contribution in [0.3, 0.4) is 0 Å². The minimum atomic E-state index is 0.